The van der Waals surface area contributed by atoms with Crippen LogP contribution in [0.25, 0.3) is 0 Å². The molecule has 1 aromatic carbocycles. The summed E-state index contributed by atoms with van der Waals surface area (Å²) in [7, 11) is 0. The van der Waals surface area contributed by atoms with Crippen LogP contribution in [0.5, 0.6) is 0 Å². The van der Waals surface area contributed by atoms with Crippen molar-refractivity contribution in [1.82, 2.24) is 5.32 Å². The maximum absolute atomic E-state index is 3.70. The Kier molecular flexibility index (Phi) is 5.71. The molecule has 1 fully saturated rings. The fraction of sp³-hybridized carbons (Fsp3) is 0.647. The van der Waals surface area contributed by atoms with Gasteiger partial charge in [0.25, 0.3) is 0 Å². The average Bonchev–Trinajstić information content (AvgIpc) is 2.46. The molecule has 0 heterocycles. The van der Waals surface area contributed by atoms with Gasteiger partial charge in [-0.2, -0.15) is 0 Å². The quantitative estimate of drug-likeness (QED) is 0.787. The van der Waals surface area contributed by atoms with Gasteiger partial charge in [-0.05, 0) is 50.4 Å². The van der Waals surface area contributed by atoms with Crippen molar-refractivity contribution in [2.24, 2.45) is 0 Å². The summed E-state index contributed by atoms with van der Waals surface area (Å²) in [4.78, 5) is 0. The zero-order valence-corrected chi connectivity index (χ0v) is 12.4. The van der Waals surface area contributed by atoms with Crippen LogP contribution < -0.4 is 10.6 Å². The minimum Gasteiger partial charge on any atom is -0.382 e. The first kappa shape index (κ1) is 14.4. The molecule has 0 radical (unpaired) electrons. The van der Waals surface area contributed by atoms with Crippen LogP contribution >= 0.6 is 0 Å². The van der Waals surface area contributed by atoms with Gasteiger partial charge in [-0.25, -0.2) is 0 Å². The van der Waals surface area contributed by atoms with E-state index in [-0.39, 0.29) is 0 Å². The first-order valence-electron chi connectivity index (χ1n) is 7.89. The standard InChI is InChI=1S/C17H28N2/c1-3-12-18-14(2)15-8-7-11-17(13-15)19-16-9-5-4-6-10-16/h7-8,11,13-14,16,18-19H,3-6,9-10,12H2,1-2H3. The van der Waals surface area contributed by atoms with E-state index in [9.17, 15) is 0 Å². The molecule has 2 nitrogen and oxygen atoms in total. The van der Waals surface area contributed by atoms with E-state index in [1.807, 2.05) is 0 Å². The van der Waals surface area contributed by atoms with E-state index in [0.29, 0.717) is 12.1 Å². The van der Waals surface area contributed by atoms with Crippen molar-refractivity contribution in [3.05, 3.63) is 29.8 Å². The third-order valence-corrected chi connectivity index (χ3v) is 4.06. The van der Waals surface area contributed by atoms with Crippen LogP contribution in [-0.4, -0.2) is 12.6 Å². The molecule has 2 rings (SSSR count). The summed E-state index contributed by atoms with van der Waals surface area (Å²) in [5, 5.41) is 7.26. The van der Waals surface area contributed by atoms with Crippen molar-refractivity contribution >= 4 is 5.69 Å². The summed E-state index contributed by atoms with van der Waals surface area (Å²) in [6, 6.07) is 10.0. The predicted molar refractivity (Wildman–Crippen MR) is 83.6 cm³/mol. The topological polar surface area (TPSA) is 24.1 Å². The zero-order chi connectivity index (χ0) is 13.5. The minimum absolute atomic E-state index is 0.438. The van der Waals surface area contributed by atoms with E-state index in [4.69, 9.17) is 0 Å². The summed E-state index contributed by atoms with van der Waals surface area (Å²) < 4.78 is 0. The lowest BCUT2D eigenvalue weighted by Gasteiger charge is -2.24. The second-order valence-electron chi connectivity index (χ2n) is 5.78. The molecule has 1 aliphatic carbocycles. The number of hydrogen-bond acceptors (Lipinski definition) is 2. The number of nitrogens with one attached hydrogen (secondary N) is 2. The molecule has 106 valence electrons. The Hall–Kier alpha value is -1.02. The molecular weight excluding hydrogens is 232 g/mol. The minimum atomic E-state index is 0.438. The molecule has 1 saturated carbocycles. The van der Waals surface area contributed by atoms with Crippen LogP contribution in [0.1, 0.15) is 64.0 Å². The molecule has 0 aromatic heterocycles. The van der Waals surface area contributed by atoms with E-state index in [1.54, 1.807) is 0 Å². The first-order valence-corrected chi connectivity index (χ1v) is 7.89. The van der Waals surface area contributed by atoms with Gasteiger partial charge in [0, 0.05) is 17.8 Å². The van der Waals surface area contributed by atoms with Crippen LogP contribution in [0.3, 0.4) is 0 Å². The first-order chi connectivity index (χ1) is 9.29. The maximum Gasteiger partial charge on any atom is 0.0345 e. The van der Waals surface area contributed by atoms with E-state index in [1.165, 1.54) is 49.8 Å². The summed E-state index contributed by atoms with van der Waals surface area (Å²) in [5.41, 5.74) is 2.67. The van der Waals surface area contributed by atoms with Gasteiger partial charge >= 0.3 is 0 Å². The summed E-state index contributed by atoms with van der Waals surface area (Å²) in [5.74, 6) is 0. The van der Waals surface area contributed by atoms with Crippen molar-refractivity contribution < 1.29 is 0 Å². The molecule has 1 aliphatic rings. The molecular formula is C17H28N2. The fourth-order valence-electron chi connectivity index (χ4n) is 2.86. The molecule has 1 atom stereocenters. The van der Waals surface area contributed by atoms with Crippen molar-refractivity contribution in [2.45, 2.75) is 64.5 Å². The maximum atomic E-state index is 3.70. The number of rotatable bonds is 6. The van der Waals surface area contributed by atoms with Crippen LogP contribution in [0, 0.1) is 0 Å². The molecule has 19 heavy (non-hydrogen) atoms. The Labute approximate surface area is 118 Å². The SMILES string of the molecule is CCCNC(C)c1cccc(NC2CCCCC2)c1. The Morgan fingerprint density at radius 3 is 2.74 bits per heavy atom. The van der Waals surface area contributed by atoms with Gasteiger partial charge in [-0.3, -0.25) is 0 Å². The van der Waals surface area contributed by atoms with Crippen LogP contribution in [0.2, 0.25) is 0 Å². The lowest BCUT2D eigenvalue weighted by Crippen LogP contribution is -2.23. The van der Waals surface area contributed by atoms with E-state index < -0.39 is 0 Å². The van der Waals surface area contributed by atoms with Gasteiger partial charge in [0.15, 0.2) is 0 Å². The Bertz CT molecular complexity index is 369. The second kappa shape index (κ2) is 7.54. The summed E-state index contributed by atoms with van der Waals surface area (Å²) in [6.07, 6.45) is 8.01. The Balaban J connectivity index is 1.93. The van der Waals surface area contributed by atoms with Gasteiger partial charge in [0.2, 0.25) is 0 Å². The third-order valence-electron chi connectivity index (χ3n) is 4.06. The van der Waals surface area contributed by atoms with Gasteiger partial charge < -0.3 is 10.6 Å². The highest BCUT2D eigenvalue weighted by Gasteiger charge is 2.13. The van der Waals surface area contributed by atoms with Gasteiger partial charge in [-0.15, -0.1) is 0 Å². The third kappa shape index (κ3) is 4.54. The fourth-order valence-corrected chi connectivity index (χ4v) is 2.86. The normalized spacial score (nSPS) is 18.2. The van der Waals surface area contributed by atoms with E-state index in [2.05, 4.69) is 48.7 Å². The highest BCUT2D eigenvalue weighted by atomic mass is 14.9. The lowest BCUT2D eigenvalue weighted by molar-refractivity contribution is 0.462. The van der Waals surface area contributed by atoms with Gasteiger partial charge in [0.1, 0.15) is 0 Å². The smallest absolute Gasteiger partial charge is 0.0345 e. The summed E-state index contributed by atoms with van der Waals surface area (Å²) >= 11 is 0. The molecule has 2 heteroatoms. The van der Waals surface area contributed by atoms with E-state index >= 15 is 0 Å². The monoisotopic (exact) mass is 260 g/mol. The number of hydrogen-bond donors (Lipinski definition) is 2. The Morgan fingerprint density at radius 2 is 2.00 bits per heavy atom. The molecule has 0 saturated heterocycles. The molecule has 0 aliphatic heterocycles. The molecule has 2 N–H and O–H groups in total. The predicted octanol–water partition coefficient (Wildman–Crippen LogP) is 4.49. The van der Waals surface area contributed by atoms with Crippen LogP contribution in [-0.2, 0) is 0 Å². The number of anilines is 1. The largest absolute Gasteiger partial charge is 0.382 e. The van der Waals surface area contributed by atoms with Crippen LogP contribution in [0.4, 0.5) is 5.69 Å². The molecule has 1 aromatic rings. The van der Waals surface area contributed by atoms with Crippen LogP contribution in [0.15, 0.2) is 24.3 Å². The Morgan fingerprint density at radius 1 is 1.21 bits per heavy atom. The summed E-state index contributed by atoms with van der Waals surface area (Å²) in [6.45, 7) is 5.54. The van der Waals surface area contributed by atoms with Crippen molar-refractivity contribution in [3.63, 3.8) is 0 Å². The highest BCUT2D eigenvalue weighted by Crippen LogP contribution is 2.23. The highest BCUT2D eigenvalue weighted by molar-refractivity contribution is 5.47. The van der Waals surface area contributed by atoms with Crippen molar-refractivity contribution in [2.75, 3.05) is 11.9 Å². The molecule has 0 bridgehead atoms. The van der Waals surface area contributed by atoms with Crippen molar-refractivity contribution in [3.8, 4) is 0 Å². The van der Waals surface area contributed by atoms with Gasteiger partial charge in [-0.1, -0.05) is 38.3 Å². The molecule has 0 spiro atoms. The van der Waals surface area contributed by atoms with Crippen molar-refractivity contribution in [1.29, 1.82) is 0 Å². The molecule has 1 unspecified atom stereocenters. The molecule has 0 amide bonds. The average molecular weight is 260 g/mol. The second-order valence-corrected chi connectivity index (χ2v) is 5.78. The van der Waals surface area contributed by atoms with E-state index in [0.717, 1.165) is 6.54 Å². The zero-order valence-electron chi connectivity index (χ0n) is 12.4. The number of benzene rings is 1. The van der Waals surface area contributed by atoms with Gasteiger partial charge in [0.05, 0.1) is 0 Å². The lowest BCUT2D eigenvalue weighted by atomic mass is 9.95.